The summed E-state index contributed by atoms with van der Waals surface area (Å²) in [5.41, 5.74) is 4.39. The third-order valence-corrected chi connectivity index (χ3v) is 6.23. The molecule has 178 valence electrons. The van der Waals surface area contributed by atoms with Crippen molar-refractivity contribution < 1.29 is 19.1 Å². The first-order chi connectivity index (χ1) is 16.1. The zero-order chi connectivity index (χ0) is 24.8. The molecule has 2 amide bonds. The minimum Gasteiger partial charge on any atom is -0.484 e. The van der Waals surface area contributed by atoms with Gasteiger partial charge in [0.25, 0.3) is 11.8 Å². The maximum Gasteiger partial charge on any atom is 0.262 e. The van der Waals surface area contributed by atoms with Crippen LogP contribution in [-0.2, 0) is 9.59 Å². The van der Waals surface area contributed by atoms with Gasteiger partial charge in [-0.2, -0.15) is 0 Å². The zero-order valence-corrected chi connectivity index (χ0v) is 20.9. The van der Waals surface area contributed by atoms with E-state index in [0.717, 1.165) is 22.3 Å². The Balaban J connectivity index is 1.57. The monoisotopic (exact) mass is 500 g/mol. The van der Waals surface area contributed by atoms with Crippen LogP contribution < -0.4 is 20.1 Å². The fourth-order valence-corrected chi connectivity index (χ4v) is 3.57. The quantitative estimate of drug-likeness (QED) is 0.382. The standard InChI is InChI=1S/C26H26Cl2N2O4/c1-15-9-19(10-16(2)25(15)27)33-13-23(31)29-21-7-5-6-8-22(21)30-24(32)14-34-20-11-17(3)26(28)18(4)12-20/h5-12H,13-14H2,1-4H3,(H,29,31)(H,30,32). The van der Waals surface area contributed by atoms with Crippen LogP contribution in [0, 0.1) is 27.7 Å². The molecule has 0 saturated carbocycles. The summed E-state index contributed by atoms with van der Waals surface area (Å²) in [5, 5.41) is 6.87. The lowest BCUT2D eigenvalue weighted by Crippen LogP contribution is -2.23. The average molecular weight is 501 g/mol. The summed E-state index contributed by atoms with van der Waals surface area (Å²) in [5.74, 6) is 0.382. The number of para-hydroxylation sites is 2. The molecule has 0 saturated heterocycles. The van der Waals surface area contributed by atoms with Gasteiger partial charge < -0.3 is 20.1 Å². The highest BCUT2D eigenvalue weighted by molar-refractivity contribution is 6.32. The number of ether oxygens (including phenoxy) is 2. The van der Waals surface area contributed by atoms with Crippen molar-refractivity contribution in [2.75, 3.05) is 23.8 Å². The Morgan fingerprint density at radius 2 is 1.00 bits per heavy atom. The molecule has 3 aromatic carbocycles. The SMILES string of the molecule is Cc1cc(OCC(=O)Nc2ccccc2NC(=O)COc2cc(C)c(Cl)c(C)c2)cc(C)c1Cl. The van der Waals surface area contributed by atoms with E-state index in [1.165, 1.54) is 0 Å². The summed E-state index contributed by atoms with van der Waals surface area (Å²) in [4.78, 5) is 24.9. The van der Waals surface area contributed by atoms with Crippen LogP contribution >= 0.6 is 23.2 Å². The van der Waals surface area contributed by atoms with Crippen molar-refractivity contribution in [2.45, 2.75) is 27.7 Å². The normalized spacial score (nSPS) is 10.5. The number of aryl methyl sites for hydroxylation is 4. The molecule has 0 bridgehead atoms. The molecule has 34 heavy (non-hydrogen) atoms. The predicted octanol–water partition coefficient (Wildman–Crippen LogP) is 6.26. The highest BCUT2D eigenvalue weighted by atomic mass is 35.5. The molecular weight excluding hydrogens is 475 g/mol. The first kappa shape index (κ1) is 25.4. The summed E-state index contributed by atoms with van der Waals surface area (Å²) < 4.78 is 11.2. The van der Waals surface area contributed by atoms with E-state index < -0.39 is 0 Å². The molecule has 0 atom stereocenters. The summed E-state index contributed by atoms with van der Waals surface area (Å²) in [6.07, 6.45) is 0. The molecule has 3 rings (SSSR count). The Morgan fingerprint density at radius 3 is 1.32 bits per heavy atom. The molecule has 2 N–H and O–H groups in total. The van der Waals surface area contributed by atoms with Gasteiger partial charge in [0.05, 0.1) is 11.4 Å². The summed E-state index contributed by atoms with van der Waals surface area (Å²) >= 11 is 12.3. The average Bonchev–Trinajstić information content (AvgIpc) is 2.79. The number of amides is 2. The topological polar surface area (TPSA) is 76.7 Å². The maximum atomic E-state index is 12.5. The van der Waals surface area contributed by atoms with Crippen molar-refractivity contribution in [3.63, 3.8) is 0 Å². The zero-order valence-electron chi connectivity index (χ0n) is 19.4. The van der Waals surface area contributed by atoms with Crippen LogP contribution in [0.1, 0.15) is 22.3 Å². The summed E-state index contributed by atoms with van der Waals surface area (Å²) in [7, 11) is 0. The van der Waals surface area contributed by atoms with Gasteiger partial charge in [-0.05, 0) is 86.3 Å². The van der Waals surface area contributed by atoms with E-state index >= 15 is 0 Å². The molecule has 6 nitrogen and oxygen atoms in total. The van der Waals surface area contributed by atoms with Gasteiger partial charge in [0.15, 0.2) is 13.2 Å². The fourth-order valence-electron chi connectivity index (χ4n) is 3.35. The first-order valence-electron chi connectivity index (χ1n) is 10.6. The van der Waals surface area contributed by atoms with Crippen LogP contribution in [0.15, 0.2) is 48.5 Å². The highest BCUT2D eigenvalue weighted by Gasteiger charge is 2.12. The second kappa shape index (κ2) is 11.3. The second-order valence-corrected chi connectivity index (χ2v) is 8.72. The Labute approximate surface area is 209 Å². The van der Waals surface area contributed by atoms with Crippen LogP contribution in [0.4, 0.5) is 11.4 Å². The van der Waals surface area contributed by atoms with Crippen molar-refractivity contribution in [3.05, 3.63) is 80.8 Å². The number of anilines is 2. The minimum absolute atomic E-state index is 0.193. The molecular formula is C26H26Cl2N2O4. The Hall–Kier alpha value is -3.22. The Bertz CT molecular complexity index is 1090. The molecule has 0 aliphatic heterocycles. The van der Waals surface area contributed by atoms with Crippen LogP contribution in [-0.4, -0.2) is 25.0 Å². The van der Waals surface area contributed by atoms with Crippen LogP contribution in [0.3, 0.4) is 0 Å². The largest absolute Gasteiger partial charge is 0.484 e. The van der Waals surface area contributed by atoms with Crippen LogP contribution in [0.2, 0.25) is 10.0 Å². The van der Waals surface area contributed by atoms with E-state index in [0.29, 0.717) is 32.9 Å². The van der Waals surface area contributed by atoms with E-state index in [1.807, 2.05) is 27.7 Å². The number of rotatable bonds is 8. The molecule has 8 heteroatoms. The summed E-state index contributed by atoms with van der Waals surface area (Å²) in [6, 6.07) is 14.0. The molecule has 0 heterocycles. The smallest absolute Gasteiger partial charge is 0.262 e. The van der Waals surface area contributed by atoms with Crippen molar-refractivity contribution in [3.8, 4) is 11.5 Å². The molecule has 0 aliphatic rings. The molecule has 3 aromatic rings. The molecule has 0 unspecified atom stereocenters. The van der Waals surface area contributed by atoms with Gasteiger partial charge in [0.1, 0.15) is 11.5 Å². The van der Waals surface area contributed by atoms with E-state index in [1.54, 1.807) is 48.5 Å². The second-order valence-electron chi connectivity index (χ2n) is 7.96. The molecule has 0 spiro atoms. The number of carbonyl (C=O) groups is 2. The number of hydrogen-bond acceptors (Lipinski definition) is 4. The number of benzene rings is 3. The molecule has 0 aromatic heterocycles. The van der Waals surface area contributed by atoms with Gasteiger partial charge in [-0.1, -0.05) is 35.3 Å². The third-order valence-electron chi connectivity index (χ3n) is 5.04. The van der Waals surface area contributed by atoms with Crippen LogP contribution in [0.25, 0.3) is 0 Å². The molecule has 0 aliphatic carbocycles. The summed E-state index contributed by atoms with van der Waals surface area (Å²) in [6.45, 7) is 7.11. The molecule has 0 radical (unpaired) electrons. The number of nitrogens with one attached hydrogen (secondary N) is 2. The number of carbonyl (C=O) groups excluding carboxylic acids is 2. The minimum atomic E-state index is -0.365. The van der Waals surface area contributed by atoms with Crippen molar-refractivity contribution in [1.29, 1.82) is 0 Å². The Morgan fingerprint density at radius 1 is 0.676 bits per heavy atom. The van der Waals surface area contributed by atoms with Gasteiger partial charge >= 0.3 is 0 Å². The van der Waals surface area contributed by atoms with Gasteiger partial charge in [0, 0.05) is 10.0 Å². The van der Waals surface area contributed by atoms with Crippen LogP contribution in [0.5, 0.6) is 11.5 Å². The predicted molar refractivity (Wildman–Crippen MR) is 137 cm³/mol. The van der Waals surface area contributed by atoms with E-state index in [-0.39, 0.29) is 25.0 Å². The maximum absolute atomic E-state index is 12.5. The lowest BCUT2D eigenvalue weighted by atomic mass is 10.1. The van der Waals surface area contributed by atoms with Gasteiger partial charge in [-0.3, -0.25) is 9.59 Å². The number of hydrogen-bond donors (Lipinski definition) is 2. The van der Waals surface area contributed by atoms with E-state index in [9.17, 15) is 9.59 Å². The van der Waals surface area contributed by atoms with Crippen molar-refractivity contribution in [2.24, 2.45) is 0 Å². The Kier molecular flexibility index (Phi) is 8.42. The van der Waals surface area contributed by atoms with Gasteiger partial charge in [-0.15, -0.1) is 0 Å². The van der Waals surface area contributed by atoms with E-state index in [4.69, 9.17) is 32.7 Å². The first-order valence-corrected chi connectivity index (χ1v) is 11.4. The number of halogens is 2. The van der Waals surface area contributed by atoms with Crippen molar-refractivity contribution in [1.82, 2.24) is 0 Å². The lowest BCUT2D eigenvalue weighted by Gasteiger charge is -2.14. The van der Waals surface area contributed by atoms with E-state index in [2.05, 4.69) is 10.6 Å². The molecule has 0 fully saturated rings. The lowest BCUT2D eigenvalue weighted by molar-refractivity contribution is -0.119. The fraction of sp³-hybridized carbons (Fsp3) is 0.231. The highest BCUT2D eigenvalue weighted by Crippen LogP contribution is 2.27. The third kappa shape index (κ3) is 6.65. The van der Waals surface area contributed by atoms with Gasteiger partial charge in [-0.25, -0.2) is 0 Å². The van der Waals surface area contributed by atoms with Crippen molar-refractivity contribution >= 4 is 46.4 Å². The van der Waals surface area contributed by atoms with Gasteiger partial charge in [0.2, 0.25) is 0 Å².